The molecular weight excluding hydrogens is 1720 g/mol. The van der Waals surface area contributed by atoms with Crippen LogP contribution in [0.5, 0.6) is 0 Å². The molecule has 0 aliphatic heterocycles. The zero-order valence-electron chi connectivity index (χ0n) is 77.1. The fraction of sp³-hybridized carbons (Fsp3) is 0.0222. The van der Waals surface area contributed by atoms with Crippen LogP contribution in [0.1, 0.15) is 25.0 Å². The highest BCUT2D eigenvalue weighted by Gasteiger charge is 2.39. The summed E-state index contributed by atoms with van der Waals surface area (Å²) in [6.45, 7) is 4.71. The molecule has 0 amide bonds. The number of rotatable bonds is 5. The van der Waals surface area contributed by atoms with Gasteiger partial charge in [-0.15, -0.1) is 11.3 Å². The van der Waals surface area contributed by atoms with Crippen LogP contribution in [0.25, 0.3) is 290 Å². The Hall–Kier alpha value is -17.9. The number of hydrogen-bond acceptors (Lipinski definition) is 1. The zero-order chi connectivity index (χ0) is 92.3. The normalized spacial score (nSPS) is 12.8. The molecule has 0 fully saturated rings. The van der Waals surface area contributed by atoms with Crippen molar-refractivity contribution < 1.29 is 0 Å². The smallest absolute Gasteiger partial charge is 0.0641 e. The van der Waals surface area contributed by atoms with Crippen molar-refractivity contribution >= 4 is 172 Å². The Morgan fingerprint density at radius 2 is 0.489 bits per heavy atom. The zero-order valence-corrected chi connectivity index (χ0v) is 77.9. The van der Waals surface area contributed by atoms with Crippen LogP contribution >= 0.6 is 11.3 Å². The predicted molar refractivity (Wildman–Crippen MR) is 598 cm³/mol. The molecule has 0 unspecified atom stereocenters. The van der Waals surface area contributed by atoms with Crippen molar-refractivity contribution in [3.05, 3.63) is 478 Å². The lowest BCUT2D eigenvalue weighted by molar-refractivity contribution is 0.660. The van der Waals surface area contributed by atoms with Crippen LogP contribution in [0.15, 0.2) is 467 Å². The van der Waals surface area contributed by atoms with Gasteiger partial charge in [0.2, 0.25) is 0 Å². The van der Waals surface area contributed by atoms with E-state index in [-0.39, 0.29) is 5.41 Å². The summed E-state index contributed by atoms with van der Waals surface area (Å²) >= 11 is 1.90. The van der Waals surface area contributed by atoms with E-state index in [1.54, 1.807) is 0 Å². The third kappa shape index (κ3) is 10.9. The van der Waals surface area contributed by atoms with Gasteiger partial charge in [0, 0.05) is 120 Å². The molecule has 0 saturated carbocycles. The Morgan fingerprint density at radius 1 is 0.177 bits per heavy atom. The second kappa shape index (κ2) is 29.5. The highest BCUT2D eigenvalue weighted by atomic mass is 32.1. The maximum atomic E-state index is 2.51. The summed E-state index contributed by atoms with van der Waals surface area (Å²) in [5.41, 5.74) is 40.5. The summed E-state index contributed by atoms with van der Waals surface area (Å²) in [4.78, 5) is 0. The Bertz CT molecular complexity index is 10500. The van der Waals surface area contributed by atoms with Crippen LogP contribution in [0.3, 0.4) is 0 Å². The summed E-state index contributed by atoms with van der Waals surface area (Å²) in [6.07, 6.45) is 0. The van der Waals surface area contributed by atoms with Gasteiger partial charge in [-0.3, -0.25) is 0 Å². The first-order valence-corrected chi connectivity index (χ1v) is 49.8. The minimum atomic E-state index is -0.0168. The summed E-state index contributed by atoms with van der Waals surface area (Å²) in [5.74, 6) is 0. The number of benzene rings is 23. The van der Waals surface area contributed by atoms with E-state index in [4.69, 9.17) is 0 Å². The highest BCUT2D eigenvalue weighted by molar-refractivity contribution is 7.26. The molecule has 6 heterocycles. The third-order valence-corrected chi connectivity index (χ3v) is 32.8. The molecule has 0 atom stereocenters. The molecular formula is C135H83N5S. The van der Waals surface area contributed by atoms with Crippen molar-refractivity contribution in [1.82, 2.24) is 22.8 Å². The van der Waals surface area contributed by atoms with Crippen LogP contribution in [0, 0.1) is 0 Å². The van der Waals surface area contributed by atoms with Crippen LogP contribution in [-0.2, 0) is 5.41 Å². The van der Waals surface area contributed by atoms with Crippen LogP contribution < -0.4 is 0 Å². The van der Waals surface area contributed by atoms with E-state index in [0.29, 0.717) is 0 Å². The van der Waals surface area contributed by atoms with Crippen molar-refractivity contribution in [1.29, 1.82) is 0 Å². The summed E-state index contributed by atoms with van der Waals surface area (Å²) < 4.78 is 15.0. The van der Waals surface area contributed by atoms with Crippen molar-refractivity contribution in [2.24, 2.45) is 0 Å². The average molecular weight is 1810 g/mol. The van der Waals surface area contributed by atoms with E-state index >= 15 is 0 Å². The largest absolute Gasteiger partial charge is 0.309 e. The van der Waals surface area contributed by atoms with Gasteiger partial charge in [0.05, 0.1) is 66.3 Å². The lowest BCUT2D eigenvalue weighted by Gasteiger charge is -2.22. The number of hydrogen-bond donors (Lipinski definition) is 0. The Labute approximate surface area is 815 Å². The maximum Gasteiger partial charge on any atom is 0.0641 e. The van der Waals surface area contributed by atoms with Gasteiger partial charge in [-0.25, -0.2) is 0 Å². The van der Waals surface area contributed by atoms with Gasteiger partial charge in [-0.2, -0.15) is 0 Å². The predicted octanol–water partition coefficient (Wildman–Crippen LogP) is 37.0. The number of nitrogens with zero attached hydrogens (tertiary/aromatic N) is 5. The SMILES string of the molecule is CC1(C)c2ccccc2-c2ccc(-n3c4c(c5ccccc53)-c3cccc5cccc-4c35)cc21.c1cc2c3c(cccc3c1)-c1c-2c2ccccc2n1-c1ccc2c3ccccc3c3ccccc3c2c1.c1cc2c3c(cccc3c1)-c1c-2c2ccccc2n1-c1cccc2c1sc1ccccc12.c1ccc(-n2c3ccccc3c3cc(-n4c5c(c6ccccc64)-c4cccc6cccc-5c46)ccc32)cc1. The summed E-state index contributed by atoms with van der Waals surface area (Å²) in [6, 6.07) is 172. The molecule has 0 saturated heterocycles. The van der Waals surface area contributed by atoms with E-state index in [0.717, 1.165) is 0 Å². The van der Waals surface area contributed by atoms with E-state index in [2.05, 4.69) is 504 Å². The monoisotopic (exact) mass is 1810 g/mol. The third-order valence-electron chi connectivity index (χ3n) is 31.6. The van der Waals surface area contributed by atoms with Gasteiger partial charge < -0.3 is 22.8 Å². The van der Waals surface area contributed by atoms with Crippen molar-refractivity contribution in [2.45, 2.75) is 19.3 Å². The molecule has 0 radical (unpaired) electrons. The number of thiophene rings is 1. The number of aromatic nitrogens is 5. The molecule has 23 aromatic carbocycles. The topological polar surface area (TPSA) is 24.6 Å². The first-order valence-electron chi connectivity index (χ1n) is 49.0. The van der Waals surface area contributed by atoms with Crippen LogP contribution in [-0.4, -0.2) is 22.8 Å². The van der Waals surface area contributed by atoms with E-state index < -0.39 is 0 Å². The van der Waals surface area contributed by atoms with Gasteiger partial charge in [0.1, 0.15) is 0 Å². The maximum absolute atomic E-state index is 2.51. The minimum absolute atomic E-state index is 0.0168. The Morgan fingerprint density at radius 3 is 0.965 bits per heavy atom. The summed E-state index contributed by atoms with van der Waals surface area (Å²) in [7, 11) is 0. The van der Waals surface area contributed by atoms with Gasteiger partial charge in [-0.05, 0) is 217 Å². The summed E-state index contributed by atoms with van der Waals surface area (Å²) in [5, 5.41) is 29.0. The van der Waals surface area contributed by atoms with Gasteiger partial charge in [-0.1, -0.05) is 384 Å². The number of fused-ring (bicyclic) bond motifs is 35. The molecule has 5 nitrogen and oxygen atoms in total. The number of para-hydroxylation sites is 6. The van der Waals surface area contributed by atoms with Crippen molar-refractivity contribution in [3.8, 4) is 129 Å². The molecule has 141 heavy (non-hydrogen) atoms. The molecule has 0 N–H and O–H groups in total. The van der Waals surface area contributed by atoms with Crippen molar-refractivity contribution in [2.75, 3.05) is 0 Å². The molecule has 6 heteroatoms. The molecule has 654 valence electrons. The molecule has 29 aromatic rings. The minimum Gasteiger partial charge on any atom is -0.309 e. The fourth-order valence-corrected chi connectivity index (χ4v) is 27.0. The van der Waals surface area contributed by atoms with Gasteiger partial charge >= 0.3 is 0 Å². The first-order chi connectivity index (χ1) is 69.8. The van der Waals surface area contributed by atoms with Gasteiger partial charge in [0.15, 0.2) is 0 Å². The van der Waals surface area contributed by atoms with Gasteiger partial charge in [0.25, 0.3) is 0 Å². The Balaban J connectivity index is 0.0000000866. The first kappa shape index (κ1) is 78.3. The van der Waals surface area contributed by atoms with E-state index in [1.807, 2.05) is 11.3 Å². The second-order valence-corrected chi connectivity index (χ2v) is 40.1. The quantitative estimate of drug-likeness (QED) is 0.153. The highest BCUT2D eigenvalue weighted by Crippen LogP contribution is 2.60. The van der Waals surface area contributed by atoms with Crippen LogP contribution in [0.4, 0.5) is 0 Å². The van der Waals surface area contributed by atoms with Crippen molar-refractivity contribution in [3.63, 3.8) is 0 Å². The average Bonchev–Trinajstić information content (AvgIpc) is 1.55. The standard InChI is InChI=1S/C36H22N2.C36H21N.C33H23N.C30H17NS/c1-2-12-24(13-3-1)37-31-18-6-4-14-26(31)30-22-25(20-21-33(30)37)38-32-19-7-5-15-27(32)35-28-16-8-10-23-11-9-17-29(34(23)28)36(35)38;1-2-13-26-24(11-1)25-12-3-4-14-27(25)32-21-23(19-20-28(26)32)37-33-18-6-5-15-29(33)35-30-16-7-9-22-10-8-17-31(34(22)30)36(35)37;1-33(2)27-15-5-3-11-22(27)23-18-17-21(19-28(23)33)34-29-16-6-4-12-24(29)31-25-13-7-9-20-10-8-14-26(30(20)25)32(31)34;1-3-15-24-21(11-1)28-22-13-5-8-18-9-6-14-23(27(18)22)29(28)31(24)25-16-7-12-20-19-10-2-4-17-26(19)32-30(20)25/h1-22H;1-21H;3-19H,1-2H3;1-17H. The molecule has 0 bridgehead atoms. The van der Waals surface area contributed by atoms with E-state index in [1.165, 1.54) is 301 Å². The molecule has 34 rings (SSSR count). The molecule has 6 aromatic heterocycles. The molecule has 5 aliphatic rings. The molecule has 0 spiro atoms. The second-order valence-electron chi connectivity index (χ2n) is 39.0. The van der Waals surface area contributed by atoms with Crippen LogP contribution in [0.2, 0.25) is 0 Å². The van der Waals surface area contributed by atoms with E-state index in [9.17, 15) is 0 Å². The Kier molecular flexibility index (Phi) is 16.4. The lowest BCUT2D eigenvalue weighted by atomic mass is 9.82. The fourth-order valence-electron chi connectivity index (χ4n) is 25.8. The molecule has 5 aliphatic carbocycles. The lowest BCUT2D eigenvalue weighted by Crippen LogP contribution is -2.15.